The SMILES string of the molecule is CCCCCNCC(C)N(CC)C(C)CN(C)C. The van der Waals surface area contributed by atoms with Gasteiger partial charge in [0.15, 0.2) is 0 Å². The van der Waals surface area contributed by atoms with Crippen molar-refractivity contribution in [3.8, 4) is 0 Å². The molecule has 0 aliphatic rings. The topological polar surface area (TPSA) is 18.5 Å². The fourth-order valence-electron chi connectivity index (χ4n) is 2.62. The third kappa shape index (κ3) is 8.06. The molecule has 3 heteroatoms. The van der Waals surface area contributed by atoms with Crippen LogP contribution in [-0.4, -0.2) is 62.2 Å². The molecule has 0 aliphatic heterocycles. The molecule has 0 aromatic rings. The molecule has 0 aliphatic carbocycles. The van der Waals surface area contributed by atoms with Crippen molar-refractivity contribution in [3.63, 3.8) is 0 Å². The molecule has 0 rings (SSSR count). The lowest BCUT2D eigenvalue weighted by Crippen LogP contribution is -2.48. The van der Waals surface area contributed by atoms with E-state index < -0.39 is 0 Å². The lowest BCUT2D eigenvalue weighted by Gasteiger charge is -2.35. The zero-order valence-electron chi connectivity index (χ0n) is 13.5. The molecule has 0 bridgehead atoms. The minimum atomic E-state index is 0.617. The van der Waals surface area contributed by atoms with Gasteiger partial charge in [-0.2, -0.15) is 0 Å². The van der Waals surface area contributed by atoms with Crippen molar-refractivity contribution in [1.29, 1.82) is 0 Å². The van der Waals surface area contributed by atoms with Crippen LogP contribution in [0.25, 0.3) is 0 Å². The Morgan fingerprint density at radius 1 is 1.00 bits per heavy atom. The highest BCUT2D eigenvalue weighted by molar-refractivity contribution is 4.75. The number of unbranched alkanes of at least 4 members (excludes halogenated alkanes) is 2. The van der Waals surface area contributed by atoms with Gasteiger partial charge in [0.25, 0.3) is 0 Å². The van der Waals surface area contributed by atoms with Gasteiger partial charge in [0.1, 0.15) is 0 Å². The lowest BCUT2D eigenvalue weighted by atomic mass is 10.2. The highest BCUT2D eigenvalue weighted by Gasteiger charge is 2.18. The van der Waals surface area contributed by atoms with Crippen molar-refractivity contribution in [1.82, 2.24) is 15.1 Å². The minimum absolute atomic E-state index is 0.617. The summed E-state index contributed by atoms with van der Waals surface area (Å²) in [5.41, 5.74) is 0. The van der Waals surface area contributed by atoms with E-state index in [-0.39, 0.29) is 0 Å². The first-order valence-electron chi connectivity index (χ1n) is 7.64. The van der Waals surface area contributed by atoms with Gasteiger partial charge in [-0.1, -0.05) is 26.7 Å². The Morgan fingerprint density at radius 2 is 1.67 bits per heavy atom. The molecule has 0 heterocycles. The predicted molar refractivity (Wildman–Crippen MR) is 82.3 cm³/mol. The van der Waals surface area contributed by atoms with Crippen LogP contribution < -0.4 is 5.32 Å². The molecule has 0 amide bonds. The van der Waals surface area contributed by atoms with Gasteiger partial charge in [-0.05, 0) is 47.5 Å². The van der Waals surface area contributed by atoms with Crippen LogP contribution in [0.4, 0.5) is 0 Å². The van der Waals surface area contributed by atoms with Crippen molar-refractivity contribution >= 4 is 0 Å². The number of nitrogens with one attached hydrogen (secondary N) is 1. The maximum Gasteiger partial charge on any atom is 0.0197 e. The molecular formula is C15H35N3. The van der Waals surface area contributed by atoms with Crippen LogP contribution in [0.15, 0.2) is 0 Å². The molecule has 2 unspecified atom stereocenters. The van der Waals surface area contributed by atoms with E-state index in [1.54, 1.807) is 0 Å². The molecule has 0 fully saturated rings. The highest BCUT2D eigenvalue weighted by atomic mass is 15.2. The molecule has 18 heavy (non-hydrogen) atoms. The van der Waals surface area contributed by atoms with E-state index in [1.165, 1.54) is 19.3 Å². The van der Waals surface area contributed by atoms with E-state index in [0.29, 0.717) is 12.1 Å². The summed E-state index contributed by atoms with van der Waals surface area (Å²) in [6.07, 6.45) is 3.96. The van der Waals surface area contributed by atoms with E-state index in [4.69, 9.17) is 0 Å². The summed E-state index contributed by atoms with van der Waals surface area (Å²) in [7, 11) is 4.30. The van der Waals surface area contributed by atoms with Gasteiger partial charge < -0.3 is 10.2 Å². The third-order valence-electron chi connectivity index (χ3n) is 3.52. The molecule has 0 saturated carbocycles. The van der Waals surface area contributed by atoms with Crippen molar-refractivity contribution < 1.29 is 0 Å². The van der Waals surface area contributed by atoms with E-state index in [9.17, 15) is 0 Å². The predicted octanol–water partition coefficient (Wildman–Crippen LogP) is 2.43. The van der Waals surface area contributed by atoms with Gasteiger partial charge >= 0.3 is 0 Å². The van der Waals surface area contributed by atoms with Crippen molar-refractivity contribution in [2.75, 3.05) is 40.3 Å². The van der Waals surface area contributed by atoms with Crippen LogP contribution in [0.1, 0.15) is 47.0 Å². The van der Waals surface area contributed by atoms with E-state index in [2.05, 4.69) is 56.9 Å². The molecule has 0 spiro atoms. The van der Waals surface area contributed by atoms with Crippen molar-refractivity contribution in [2.24, 2.45) is 0 Å². The molecule has 110 valence electrons. The monoisotopic (exact) mass is 257 g/mol. The summed E-state index contributed by atoms with van der Waals surface area (Å²) in [6.45, 7) is 13.7. The molecule has 3 nitrogen and oxygen atoms in total. The third-order valence-corrected chi connectivity index (χ3v) is 3.52. The number of nitrogens with zero attached hydrogens (tertiary/aromatic N) is 2. The maximum absolute atomic E-state index is 3.59. The summed E-state index contributed by atoms with van der Waals surface area (Å²) in [6, 6.07) is 1.24. The second-order valence-electron chi connectivity index (χ2n) is 5.70. The average molecular weight is 257 g/mol. The van der Waals surface area contributed by atoms with Crippen LogP contribution in [0.3, 0.4) is 0 Å². The fourth-order valence-corrected chi connectivity index (χ4v) is 2.62. The van der Waals surface area contributed by atoms with Crippen molar-refractivity contribution in [2.45, 2.75) is 59.0 Å². The smallest absolute Gasteiger partial charge is 0.0197 e. The average Bonchev–Trinajstić information content (AvgIpc) is 2.28. The van der Waals surface area contributed by atoms with Crippen LogP contribution >= 0.6 is 0 Å². The Balaban J connectivity index is 3.90. The fraction of sp³-hybridized carbons (Fsp3) is 1.00. The van der Waals surface area contributed by atoms with E-state index >= 15 is 0 Å². The summed E-state index contributed by atoms with van der Waals surface area (Å²) in [5, 5.41) is 3.59. The second-order valence-corrected chi connectivity index (χ2v) is 5.70. The largest absolute Gasteiger partial charge is 0.315 e. The van der Waals surface area contributed by atoms with E-state index in [1.807, 2.05) is 0 Å². The van der Waals surface area contributed by atoms with Crippen molar-refractivity contribution in [3.05, 3.63) is 0 Å². The molecule has 2 atom stereocenters. The van der Waals surface area contributed by atoms with Crippen LogP contribution in [-0.2, 0) is 0 Å². The molecule has 0 aromatic carbocycles. The van der Waals surface area contributed by atoms with Gasteiger partial charge in [0.2, 0.25) is 0 Å². The first-order chi connectivity index (χ1) is 8.52. The summed E-state index contributed by atoms with van der Waals surface area (Å²) >= 11 is 0. The summed E-state index contributed by atoms with van der Waals surface area (Å²) in [4.78, 5) is 4.86. The van der Waals surface area contributed by atoms with Gasteiger partial charge in [0.05, 0.1) is 0 Å². The standard InChI is InChI=1S/C15H35N3/c1-7-9-10-11-16-12-14(3)18(8-2)15(4)13-17(5)6/h14-16H,7-13H2,1-6H3. The quantitative estimate of drug-likeness (QED) is 0.574. The summed E-state index contributed by atoms with van der Waals surface area (Å²) < 4.78 is 0. The zero-order chi connectivity index (χ0) is 14.0. The molecule has 0 aromatic heterocycles. The van der Waals surface area contributed by atoms with Gasteiger partial charge in [-0.15, -0.1) is 0 Å². The Labute approximate surface area is 115 Å². The first kappa shape index (κ1) is 17.9. The van der Waals surface area contributed by atoms with Crippen LogP contribution in [0, 0.1) is 0 Å². The summed E-state index contributed by atoms with van der Waals surface area (Å²) in [5.74, 6) is 0. The van der Waals surface area contributed by atoms with Crippen LogP contribution in [0.2, 0.25) is 0 Å². The number of hydrogen-bond donors (Lipinski definition) is 1. The zero-order valence-corrected chi connectivity index (χ0v) is 13.5. The number of hydrogen-bond acceptors (Lipinski definition) is 3. The number of likely N-dealkylation sites (N-methyl/N-ethyl adjacent to an activating group) is 2. The Morgan fingerprint density at radius 3 is 2.17 bits per heavy atom. The minimum Gasteiger partial charge on any atom is -0.315 e. The molecular weight excluding hydrogens is 222 g/mol. The highest BCUT2D eigenvalue weighted by Crippen LogP contribution is 2.06. The normalized spacial score (nSPS) is 15.3. The molecule has 0 saturated heterocycles. The maximum atomic E-state index is 3.59. The lowest BCUT2D eigenvalue weighted by molar-refractivity contribution is 0.135. The van der Waals surface area contributed by atoms with Gasteiger partial charge in [-0.3, -0.25) is 4.90 Å². The Kier molecular flexibility index (Phi) is 10.7. The second kappa shape index (κ2) is 10.8. The first-order valence-corrected chi connectivity index (χ1v) is 7.64. The van der Waals surface area contributed by atoms with Gasteiger partial charge in [-0.25, -0.2) is 0 Å². The van der Waals surface area contributed by atoms with Crippen LogP contribution in [0.5, 0.6) is 0 Å². The number of rotatable bonds is 11. The molecule has 1 N–H and O–H groups in total. The molecule has 0 radical (unpaired) electrons. The van der Waals surface area contributed by atoms with Gasteiger partial charge in [0, 0.05) is 25.2 Å². The Bertz CT molecular complexity index is 183. The Hall–Kier alpha value is -0.120. The van der Waals surface area contributed by atoms with E-state index in [0.717, 1.165) is 26.2 Å².